The van der Waals surface area contributed by atoms with Crippen LogP contribution in [0, 0.1) is 11.6 Å². The average molecular weight is 343 g/mol. The van der Waals surface area contributed by atoms with E-state index in [0.29, 0.717) is 11.0 Å². The lowest BCUT2D eigenvalue weighted by molar-refractivity contribution is -0.119. The Kier molecular flexibility index (Phi) is 4.56. The van der Waals surface area contributed by atoms with Crippen molar-refractivity contribution in [3.05, 3.63) is 70.6 Å². The largest absolute Gasteiger partial charge is 0.311 e. The first-order valence-corrected chi connectivity index (χ1v) is 7.71. The van der Waals surface area contributed by atoms with Gasteiger partial charge in [0.05, 0.1) is 17.2 Å². The van der Waals surface area contributed by atoms with Crippen LogP contribution in [0.2, 0.25) is 0 Å². The zero-order valence-electron chi connectivity index (χ0n) is 13.4. The highest BCUT2D eigenvalue weighted by molar-refractivity contribution is 5.93. The van der Waals surface area contributed by atoms with Crippen molar-refractivity contribution >= 4 is 22.6 Å². The topological polar surface area (TPSA) is 55.2 Å². The SMILES string of the molecule is CCN(C(=O)Cn1c(=O)cnc2ccccc21)c1ccc(F)c(F)c1. The summed E-state index contributed by atoms with van der Waals surface area (Å²) in [6.07, 6.45) is 1.16. The summed E-state index contributed by atoms with van der Waals surface area (Å²) in [4.78, 5) is 30.1. The van der Waals surface area contributed by atoms with Gasteiger partial charge in [-0.05, 0) is 31.2 Å². The van der Waals surface area contributed by atoms with Crippen LogP contribution in [-0.4, -0.2) is 22.0 Å². The van der Waals surface area contributed by atoms with Crippen molar-refractivity contribution in [1.29, 1.82) is 0 Å². The molecular weight excluding hydrogens is 328 g/mol. The third-order valence-corrected chi connectivity index (χ3v) is 3.88. The van der Waals surface area contributed by atoms with Crippen LogP contribution >= 0.6 is 0 Å². The van der Waals surface area contributed by atoms with Crippen molar-refractivity contribution in [2.75, 3.05) is 11.4 Å². The molecule has 0 spiro atoms. The molecule has 128 valence electrons. The van der Waals surface area contributed by atoms with Gasteiger partial charge in [-0.25, -0.2) is 13.8 Å². The molecule has 0 atom stereocenters. The quantitative estimate of drug-likeness (QED) is 0.732. The highest BCUT2D eigenvalue weighted by Crippen LogP contribution is 2.19. The van der Waals surface area contributed by atoms with Crippen LogP contribution in [0.4, 0.5) is 14.5 Å². The zero-order chi connectivity index (χ0) is 18.0. The van der Waals surface area contributed by atoms with Crippen LogP contribution in [0.15, 0.2) is 53.5 Å². The number of carbonyl (C=O) groups is 1. The second kappa shape index (κ2) is 6.80. The molecule has 7 heteroatoms. The smallest absolute Gasteiger partial charge is 0.269 e. The summed E-state index contributed by atoms with van der Waals surface area (Å²) in [7, 11) is 0. The van der Waals surface area contributed by atoms with E-state index in [4.69, 9.17) is 0 Å². The van der Waals surface area contributed by atoms with E-state index in [1.54, 1.807) is 31.2 Å². The number of para-hydroxylation sites is 2. The van der Waals surface area contributed by atoms with Crippen molar-refractivity contribution in [2.45, 2.75) is 13.5 Å². The lowest BCUT2D eigenvalue weighted by atomic mass is 10.2. The normalized spacial score (nSPS) is 10.8. The molecule has 0 N–H and O–H groups in total. The molecule has 1 aromatic heterocycles. The third kappa shape index (κ3) is 3.26. The summed E-state index contributed by atoms with van der Waals surface area (Å²) >= 11 is 0. The molecular formula is C18H15F2N3O2. The number of hydrogen-bond donors (Lipinski definition) is 0. The summed E-state index contributed by atoms with van der Waals surface area (Å²) in [5.74, 6) is -2.43. The van der Waals surface area contributed by atoms with Gasteiger partial charge in [0.25, 0.3) is 5.56 Å². The number of benzene rings is 2. The Balaban J connectivity index is 1.97. The molecule has 1 amide bonds. The standard InChI is InChI=1S/C18H15F2N3O2/c1-2-22(12-7-8-13(19)14(20)9-12)18(25)11-23-16-6-4-3-5-15(16)21-10-17(23)24/h3-10H,2,11H2,1H3. The molecule has 0 bridgehead atoms. The van der Waals surface area contributed by atoms with Crippen LogP contribution in [0.25, 0.3) is 11.0 Å². The first kappa shape index (κ1) is 16.8. The fraction of sp³-hybridized carbons (Fsp3) is 0.167. The molecule has 0 saturated heterocycles. The minimum atomic E-state index is -1.03. The Morgan fingerprint density at radius 3 is 2.64 bits per heavy atom. The van der Waals surface area contributed by atoms with Crippen LogP contribution in [-0.2, 0) is 11.3 Å². The lowest BCUT2D eigenvalue weighted by Crippen LogP contribution is -2.36. The van der Waals surface area contributed by atoms with Gasteiger partial charge in [-0.3, -0.25) is 14.2 Å². The number of likely N-dealkylation sites (N-methyl/N-ethyl adjacent to an activating group) is 1. The van der Waals surface area contributed by atoms with Crippen LogP contribution in [0.1, 0.15) is 6.92 Å². The summed E-state index contributed by atoms with van der Waals surface area (Å²) in [5, 5.41) is 0. The molecule has 0 aliphatic heterocycles. The Hall–Kier alpha value is -3.09. The monoisotopic (exact) mass is 343 g/mol. The molecule has 5 nitrogen and oxygen atoms in total. The average Bonchev–Trinajstić information content (AvgIpc) is 2.61. The van der Waals surface area contributed by atoms with Crippen LogP contribution in [0.5, 0.6) is 0 Å². The van der Waals surface area contributed by atoms with Gasteiger partial charge in [0.1, 0.15) is 6.54 Å². The van der Waals surface area contributed by atoms with E-state index in [1.807, 2.05) is 0 Å². The number of nitrogens with zero attached hydrogens (tertiary/aromatic N) is 3. The van der Waals surface area contributed by atoms with E-state index in [2.05, 4.69) is 4.98 Å². The Labute approximate surface area is 142 Å². The molecule has 0 radical (unpaired) electrons. The first-order chi connectivity index (χ1) is 12.0. The van der Waals surface area contributed by atoms with Gasteiger partial charge >= 0.3 is 0 Å². The second-order valence-corrected chi connectivity index (χ2v) is 5.41. The van der Waals surface area contributed by atoms with Gasteiger partial charge in [-0.1, -0.05) is 12.1 Å². The molecule has 0 aliphatic rings. The van der Waals surface area contributed by atoms with Gasteiger partial charge in [-0.2, -0.15) is 0 Å². The summed E-state index contributed by atoms with van der Waals surface area (Å²) in [6.45, 7) is 1.74. The van der Waals surface area contributed by atoms with Crippen molar-refractivity contribution in [3.8, 4) is 0 Å². The minimum absolute atomic E-state index is 0.227. The number of carbonyl (C=O) groups excluding carboxylic acids is 1. The van der Waals surface area contributed by atoms with Gasteiger partial charge in [0.15, 0.2) is 11.6 Å². The van der Waals surface area contributed by atoms with E-state index in [9.17, 15) is 18.4 Å². The fourth-order valence-corrected chi connectivity index (χ4v) is 2.65. The summed E-state index contributed by atoms with van der Waals surface area (Å²) < 4.78 is 27.9. The first-order valence-electron chi connectivity index (χ1n) is 7.71. The Morgan fingerprint density at radius 1 is 1.16 bits per heavy atom. The molecule has 1 heterocycles. The zero-order valence-corrected chi connectivity index (χ0v) is 13.4. The highest BCUT2D eigenvalue weighted by atomic mass is 19.2. The van der Waals surface area contributed by atoms with Gasteiger partial charge in [0.2, 0.25) is 5.91 Å². The van der Waals surface area contributed by atoms with Gasteiger partial charge in [-0.15, -0.1) is 0 Å². The van der Waals surface area contributed by atoms with Crippen molar-refractivity contribution in [2.24, 2.45) is 0 Å². The van der Waals surface area contributed by atoms with Gasteiger partial charge < -0.3 is 4.90 Å². The second-order valence-electron chi connectivity index (χ2n) is 5.41. The maximum atomic E-state index is 13.5. The number of amides is 1. The molecule has 0 fully saturated rings. The minimum Gasteiger partial charge on any atom is -0.311 e. The number of fused-ring (bicyclic) bond motifs is 1. The van der Waals surface area contributed by atoms with E-state index in [-0.39, 0.29) is 18.8 Å². The molecule has 3 rings (SSSR count). The summed E-state index contributed by atoms with van der Waals surface area (Å²) in [5.41, 5.74) is 0.946. The molecule has 0 unspecified atom stereocenters. The lowest BCUT2D eigenvalue weighted by Gasteiger charge is -2.22. The predicted octanol–water partition coefficient (Wildman–Crippen LogP) is 2.73. The maximum absolute atomic E-state index is 13.5. The molecule has 0 aliphatic carbocycles. The number of halogens is 2. The van der Waals surface area contributed by atoms with E-state index >= 15 is 0 Å². The number of rotatable bonds is 4. The molecule has 3 aromatic rings. The fourth-order valence-electron chi connectivity index (χ4n) is 2.65. The maximum Gasteiger partial charge on any atom is 0.269 e. The van der Waals surface area contributed by atoms with Crippen LogP contribution < -0.4 is 10.5 Å². The number of aromatic nitrogens is 2. The van der Waals surface area contributed by atoms with Crippen molar-refractivity contribution in [1.82, 2.24) is 9.55 Å². The molecule has 2 aromatic carbocycles. The number of hydrogen-bond acceptors (Lipinski definition) is 3. The Morgan fingerprint density at radius 2 is 1.92 bits per heavy atom. The van der Waals surface area contributed by atoms with Gasteiger partial charge in [0, 0.05) is 18.3 Å². The van der Waals surface area contributed by atoms with Crippen LogP contribution in [0.3, 0.4) is 0 Å². The third-order valence-electron chi connectivity index (χ3n) is 3.88. The van der Waals surface area contributed by atoms with E-state index in [1.165, 1.54) is 15.5 Å². The molecule has 25 heavy (non-hydrogen) atoms. The predicted molar refractivity (Wildman–Crippen MR) is 90.4 cm³/mol. The molecule has 0 saturated carbocycles. The Bertz CT molecular complexity index is 1000. The summed E-state index contributed by atoms with van der Waals surface area (Å²) in [6, 6.07) is 10.2. The van der Waals surface area contributed by atoms with E-state index < -0.39 is 23.1 Å². The highest BCUT2D eigenvalue weighted by Gasteiger charge is 2.18. The van der Waals surface area contributed by atoms with Crippen molar-refractivity contribution < 1.29 is 13.6 Å². The van der Waals surface area contributed by atoms with Crippen molar-refractivity contribution in [3.63, 3.8) is 0 Å². The number of anilines is 1. The van der Waals surface area contributed by atoms with E-state index in [0.717, 1.165) is 18.3 Å².